The number of likely N-dealkylation sites (tertiary alicyclic amines) is 1. The van der Waals surface area contributed by atoms with Gasteiger partial charge in [-0.3, -0.25) is 4.79 Å². The first-order valence-electron chi connectivity index (χ1n) is 9.46. The zero-order chi connectivity index (χ0) is 17.8. The van der Waals surface area contributed by atoms with E-state index in [1.807, 2.05) is 11.8 Å². The summed E-state index contributed by atoms with van der Waals surface area (Å²) in [5.41, 5.74) is 1.50. The number of hydrogen-bond acceptors (Lipinski definition) is 4. The number of thioether (sulfide) groups is 1. The van der Waals surface area contributed by atoms with Crippen LogP contribution in [0.3, 0.4) is 0 Å². The van der Waals surface area contributed by atoms with Crippen LogP contribution in [0.1, 0.15) is 39.0 Å². The molecular formula is C18H30N4O2S. The lowest BCUT2D eigenvalue weighted by molar-refractivity contribution is -0.131. The van der Waals surface area contributed by atoms with E-state index in [1.54, 1.807) is 11.8 Å². The number of hydrogen-bond donors (Lipinski definition) is 2. The van der Waals surface area contributed by atoms with Crippen molar-refractivity contribution in [3.05, 3.63) is 10.5 Å². The van der Waals surface area contributed by atoms with Gasteiger partial charge in [0.15, 0.2) is 0 Å². The topological polar surface area (TPSA) is 64.7 Å². The van der Waals surface area contributed by atoms with Crippen LogP contribution in [0, 0.1) is 0 Å². The maximum atomic E-state index is 13.1. The van der Waals surface area contributed by atoms with Crippen LogP contribution in [-0.2, 0) is 4.79 Å². The van der Waals surface area contributed by atoms with Crippen LogP contribution >= 0.6 is 11.8 Å². The second kappa shape index (κ2) is 8.45. The van der Waals surface area contributed by atoms with Gasteiger partial charge in [0, 0.05) is 38.8 Å². The Morgan fingerprint density at radius 3 is 2.80 bits per heavy atom. The number of amides is 3. The largest absolute Gasteiger partial charge is 0.338 e. The summed E-state index contributed by atoms with van der Waals surface area (Å²) in [6, 6.07) is -0.00298. The van der Waals surface area contributed by atoms with Crippen molar-refractivity contribution in [3.8, 4) is 0 Å². The molecule has 1 fully saturated rings. The van der Waals surface area contributed by atoms with Crippen LogP contribution in [0.25, 0.3) is 0 Å². The lowest BCUT2D eigenvalue weighted by atomic mass is 10.1. The van der Waals surface area contributed by atoms with E-state index in [0.29, 0.717) is 13.1 Å². The third kappa shape index (κ3) is 4.50. The minimum atomic E-state index is -0.144. The van der Waals surface area contributed by atoms with E-state index in [-0.39, 0.29) is 23.2 Å². The molecule has 7 heteroatoms. The molecule has 3 heterocycles. The third-order valence-corrected chi connectivity index (χ3v) is 6.83. The molecule has 2 N–H and O–H groups in total. The smallest absolute Gasteiger partial charge is 0.314 e. The second-order valence-electron chi connectivity index (χ2n) is 7.21. The number of nitrogens with zero attached hydrogens (tertiary/aromatic N) is 2. The summed E-state index contributed by atoms with van der Waals surface area (Å²) in [4.78, 5) is 30.5. The highest BCUT2D eigenvalue weighted by atomic mass is 32.2. The van der Waals surface area contributed by atoms with Crippen LogP contribution < -0.4 is 10.6 Å². The monoisotopic (exact) mass is 366 g/mol. The van der Waals surface area contributed by atoms with Crippen molar-refractivity contribution in [2.45, 2.75) is 50.3 Å². The summed E-state index contributed by atoms with van der Waals surface area (Å²) >= 11 is 1.80. The highest BCUT2D eigenvalue weighted by molar-refractivity contribution is 8.04. The molecule has 1 unspecified atom stereocenters. The highest BCUT2D eigenvalue weighted by Crippen LogP contribution is 2.43. The Bertz CT molecular complexity index is 531. The Morgan fingerprint density at radius 1 is 1.20 bits per heavy atom. The van der Waals surface area contributed by atoms with Crippen molar-refractivity contribution in [2.24, 2.45) is 0 Å². The van der Waals surface area contributed by atoms with E-state index in [9.17, 15) is 9.59 Å². The van der Waals surface area contributed by atoms with Crippen LogP contribution in [0.2, 0.25) is 0 Å². The van der Waals surface area contributed by atoms with E-state index >= 15 is 0 Å². The molecule has 0 radical (unpaired) electrons. The maximum Gasteiger partial charge on any atom is 0.314 e. The predicted molar refractivity (Wildman–Crippen MR) is 102 cm³/mol. The molecule has 3 amide bonds. The Kier molecular flexibility index (Phi) is 6.28. The first-order chi connectivity index (χ1) is 12.1. The van der Waals surface area contributed by atoms with Crippen LogP contribution in [-0.4, -0.2) is 72.8 Å². The fourth-order valence-electron chi connectivity index (χ4n) is 3.94. The summed E-state index contributed by atoms with van der Waals surface area (Å²) in [5.74, 6) is 0.270. The quantitative estimate of drug-likeness (QED) is 0.796. The summed E-state index contributed by atoms with van der Waals surface area (Å²) < 4.78 is 0. The SMILES string of the molecule is CCNC(=O)NC[C@@H]1CCCN1C(=O)C1CC2=C(CCN(C)CC2)S1. The molecule has 0 aromatic rings. The van der Waals surface area contributed by atoms with Gasteiger partial charge in [-0.1, -0.05) is 5.57 Å². The van der Waals surface area contributed by atoms with Crippen LogP contribution in [0.5, 0.6) is 0 Å². The van der Waals surface area contributed by atoms with Crippen molar-refractivity contribution in [2.75, 3.05) is 39.8 Å². The molecule has 6 nitrogen and oxygen atoms in total. The predicted octanol–water partition coefficient (Wildman–Crippen LogP) is 1.78. The van der Waals surface area contributed by atoms with Crippen molar-refractivity contribution < 1.29 is 9.59 Å². The van der Waals surface area contributed by atoms with Gasteiger partial charge in [-0.25, -0.2) is 4.79 Å². The number of urea groups is 1. The van der Waals surface area contributed by atoms with Gasteiger partial charge in [0.05, 0.1) is 5.25 Å². The molecule has 0 aromatic heterocycles. The van der Waals surface area contributed by atoms with Crippen LogP contribution in [0.15, 0.2) is 10.5 Å². The lowest BCUT2D eigenvalue weighted by Gasteiger charge is -2.28. The Hall–Kier alpha value is -1.21. The van der Waals surface area contributed by atoms with Gasteiger partial charge < -0.3 is 20.4 Å². The van der Waals surface area contributed by atoms with Crippen molar-refractivity contribution in [3.63, 3.8) is 0 Å². The molecule has 0 bridgehead atoms. The molecule has 0 aliphatic carbocycles. The molecule has 2 atom stereocenters. The van der Waals surface area contributed by atoms with Gasteiger partial charge in [-0.15, -0.1) is 11.8 Å². The van der Waals surface area contributed by atoms with Gasteiger partial charge in [0.25, 0.3) is 0 Å². The van der Waals surface area contributed by atoms with E-state index in [2.05, 4.69) is 22.6 Å². The van der Waals surface area contributed by atoms with Gasteiger partial charge >= 0.3 is 6.03 Å². The van der Waals surface area contributed by atoms with E-state index in [1.165, 1.54) is 10.5 Å². The van der Waals surface area contributed by atoms with E-state index in [4.69, 9.17) is 0 Å². The zero-order valence-corrected chi connectivity index (χ0v) is 16.2. The average Bonchev–Trinajstić information content (AvgIpc) is 3.19. The molecule has 0 saturated carbocycles. The molecule has 3 rings (SSSR count). The summed E-state index contributed by atoms with van der Waals surface area (Å²) in [6.45, 7) is 6.08. The zero-order valence-electron chi connectivity index (χ0n) is 15.3. The first kappa shape index (κ1) is 18.6. The fraction of sp³-hybridized carbons (Fsp3) is 0.778. The first-order valence-corrected chi connectivity index (χ1v) is 10.3. The Morgan fingerprint density at radius 2 is 2.00 bits per heavy atom. The molecule has 0 spiro atoms. The molecule has 1 saturated heterocycles. The van der Waals surface area contributed by atoms with E-state index in [0.717, 1.165) is 51.7 Å². The van der Waals surface area contributed by atoms with Crippen molar-refractivity contribution >= 4 is 23.7 Å². The minimum absolute atomic E-state index is 0.0541. The van der Waals surface area contributed by atoms with Gasteiger partial charge in [0.1, 0.15) is 0 Å². The van der Waals surface area contributed by atoms with Crippen molar-refractivity contribution in [1.82, 2.24) is 20.4 Å². The Balaban J connectivity index is 1.53. The number of rotatable bonds is 4. The van der Waals surface area contributed by atoms with Gasteiger partial charge in [0.2, 0.25) is 5.91 Å². The summed E-state index contributed by atoms with van der Waals surface area (Å²) in [6.07, 6.45) is 5.11. The number of nitrogens with one attached hydrogen (secondary N) is 2. The highest BCUT2D eigenvalue weighted by Gasteiger charge is 2.37. The minimum Gasteiger partial charge on any atom is -0.338 e. The Labute approximate surface area is 154 Å². The maximum absolute atomic E-state index is 13.1. The molecule has 140 valence electrons. The van der Waals surface area contributed by atoms with Gasteiger partial charge in [-0.05, 0) is 51.0 Å². The molecule has 3 aliphatic rings. The van der Waals surface area contributed by atoms with Crippen LogP contribution in [0.4, 0.5) is 4.79 Å². The second-order valence-corrected chi connectivity index (χ2v) is 8.51. The number of carbonyl (C=O) groups excluding carboxylic acids is 2. The normalized spacial score (nSPS) is 27.2. The number of carbonyl (C=O) groups is 2. The lowest BCUT2D eigenvalue weighted by Crippen LogP contribution is -2.47. The fourth-order valence-corrected chi connectivity index (χ4v) is 5.36. The molecule has 3 aliphatic heterocycles. The van der Waals surface area contributed by atoms with Crippen molar-refractivity contribution in [1.29, 1.82) is 0 Å². The standard InChI is InChI=1S/C18H30N4O2S/c1-3-19-18(24)20-12-14-5-4-8-22(14)17(23)16-11-13-6-9-21(2)10-7-15(13)25-16/h14,16H,3-12H2,1-2H3,(H2,19,20,24)/t14-,16?/m0/s1. The summed E-state index contributed by atoms with van der Waals surface area (Å²) in [7, 11) is 2.17. The molecular weight excluding hydrogens is 336 g/mol. The third-order valence-electron chi connectivity index (χ3n) is 5.40. The molecule has 0 aromatic carbocycles. The average molecular weight is 367 g/mol. The van der Waals surface area contributed by atoms with E-state index < -0.39 is 0 Å². The van der Waals surface area contributed by atoms with Gasteiger partial charge in [-0.2, -0.15) is 0 Å². The summed E-state index contributed by atoms with van der Waals surface area (Å²) in [5, 5.41) is 5.70. The molecule has 25 heavy (non-hydrogen) atoms.